The van der Waals surface area contributed by atoms with E-state index < -0.39 is 10.8 Å². The molecule has 2 aliphatic heterocycles. The molecule has 164 valence electrons. The highest BCUT2D eigenvalue weighted by Crippen LogP contribution is 2.35. The van der Waals surface area contributed by atoms with Gasteiger partial charge in [-0.15, -0.1) is 0 Å². The molecule has 3 aromatic rings. The summed E-state index contributed by atoms with van der Waals surface area (Å²) in [6.07, 6.45) is 1.54. The summed E-state index contributed by atoms with van der Waals surface area (Å²) < 4.78 is 5.37. The molecule has 1 N–H and O–H groups in total. The van der Waals surface area contributed by atoms with Crippen LogP contribution in [0.4, 0.5) is 11.4 Å². The number of non-ortho nitro benzene ring substituents is 1. The van der Waals surface area contributed by atoms with Crippen LogP contribution in [0.5, 0.6) is 5.75 Å². The largest absolute Gasteiger partial charge is 0.482 e. The minimum absolute atomic E-state index is 0.161. The molecule has 1 aromatic heterocycles. The van der Waals surface area contributed by atoms with Gasteiger partial charge in [-0.25, -0.2) is 4.98 Å². The molecule has 0 spiro atoms. The highest BCUT2D eigenvalue weighted by molar-refractivity contribution is 6.02. The summed E-state index contributed by atoms with van der Waals surface area (Å²) in [5.74, 6) is 0.929. The number of amides is 2. The Morgan fingerprint density at radius 2 is 2.00 bits per heavy atom. The van der Waals surface area contributed by atoms with E-state index in [2.05, 4.69) is 9.97 Å². The zero-order valence-corrected chi connectivity index (χ0v) is 17.2. The van der Waals surface area contributed by atoms with E-state index in [4.69, 9.17) is 4.74 Å². The minimum atomic E-state index is -0.539. The number of aromatic nitrogens is 2. The fourth-order valence-corrected chi connectivity index (χ4v) is 4.28. The Hall–Kier alpha value is -3.95. The minimum Gasteiger partial charge on any atom is -0.482 e. The first kappa shape index (κ1) is 20.0. The van der Waals surface area contributed by atoms with Gasteiger partial charge in [-0.3, -0.25) is 24.6 Å². The van der Waals surface area contributed by atoms with Crippen LogP contribution in [0.3, 0.4) is 0 Å². The van der Waals surface area contributed by atoms with Crippen LogP contribution >= 0.6 is 0 Å². The maximum absolute atomic E-state index is 13.0. The molecule has 10 heteroatoms. The Balaban J connectivity index is 1.27. The molecule has 2 aromatic carbocycles. The van der Waals surface area contributed by atoms with Crippen LogP contribution < -0.4 is 9.64 Å². The zero-order chi connectivity index (χ0) is 22.2. The first-order valence-corrected chi connectivity index (χ1v) is 10.4. The van der Waals surface area contributed by atoms with Crippen molar-refractivity contribution in [3.05, 3.63) is 58.4 Å². The quantitative estimate of drug-likeness (QED) is 0.497. The smallest absolute Gasteiger partial charge is 0.271 e. The number of piperidine rings is 1. The molecule has 0 saturated carbocycles. The molecule has 0 radical (unpaired) electrons. The Morgan fingerprint density at radius 3 is 2.75 bits per heavy atom. The molecule has 0 unspecified atom stereocenters. The number of carbonyl (C=O) groups excluding carboxylic acids is 2. The average Bonchev–Trinajstić information content (AvgIpc) is 3.25. The molecule has 32 heavy (non-hydrogen) atoms. The summed E-state index contributed by atoms with van der Waals surface area (Å²) in [4.78, 5) is 47.0. The van der Waals surface area contributed by atoms with Crippen molar-refractivity contribution in [3.8, 4) is 5.75 Å². The second-order valence-corrected chi connectivity index (χ2v) is 7.97. The topological polar surface area (TPSA) is 122 Å². The third-order valence-electron chi connectivity index (χ3n) is 6.03. The van der Waals surface area contributed by atoms with Crippen molar-refractivity contribution in [1.29, 1.82) is 0 Å². The Bertz CT molecular complexity index is 1180. The van der Waals surface area contributed by atoms with Gasteiger partial charge in [-0.1, -0.05) is 12.1 Å². The molecule has 1 saturated heterocycles. The molecule has 5 rings (SSSR count). The number of nitrogens with zero attached hydrogens (tertiary/aromatic N) is 4. The number of anilines is 1. The van der Waals surface area contributed by atoms with Crippen molar-refractivity contribution in [1.82, 2.24) is 14.9 Å². The number of nitrogens with one attached hydrogen (secondary N) is 1. The number of rotatable bonds is 4. The molecule has 2 amide bonds. The lowest BCUT2D eigenvalue weighted by Crippen LogP contribution is -2.48. The molecular weight excluding hydrogens is 414 g/mol. The molecule has 0 atom stereocenters. The summed E-state index contributed by atoms with van der Waals surface area (Å²) in [7, 11) is 0. The lowest BCUT2D eigenvalue weighted by Gasteiger charge is -2.34. The van der Waals surface area contributed by atoms with Gasteiger partial charge >= 0.3 is 0 Å². The highest BCUT2D eigenvalue weighted by Gasteiger charge is 2.32. The maximum atomic E-state index is 13.0. The van der Waals surface area contributed by atoms with Crippen LogP contribution in [0, 0.1) is 10.1 Å². The van der Waals surface area contributed by atoms with E-state index >= 15 is 0 Å². The summed E-state index contributed by atoms with van der Waals surface area (Å²) >= 11 is 0. The number of likely N-dealkylation sites (tertiary alicyclic amines) is 1. The molecule has 3 heterocycles. The predicted octanol–water partition coefficient (Wildman–Crippen LogP) is 2.60. The number of carbonyl (C=O) groups is 2. The van der Waals surface area contributed by atoms with Crippen LogP contribution in [0.2, 0.25) is 0 Å². The van der Waals surface area contributed by atoms with Crippen LogP contribution in [0.1, 0.15) is 24.6 Å². The number of hydrogen-bond acceptors (Lipinski definition) is 6. The van der Waals surface area contributed by atoms with E-state index in [1.165, 1.54) is 23.1 Å². The van der Waals surface area contributed by atoms with E-state index in [-0.39, 0.29) is 36.4 Å². The van der Waals surface area contributed by atoms with E-state index in [0.717, 1.165) is 29.7 Å². The summed E-state index contributed by atoms with van der Waals surface area (Å²) in [5, 5.41) is 11.1. The Kier molecular flexibility index (Phi) is 4.96. The second-order valence-electron chi connectivity index (χ2n) is 7.97. The van der Waals surface area contributed by atoms with E-state index in [0.29, 0.717) is 18.8 Å². The van der Waals surface area contributed by atoms with E-state index in [1.807, 2.05) is 24.3 Å². The first-order valence-electron chi connectivity index (χ1n) is 10.4. The molecule has 0 bridgehead atoms. The monoisotopic (exact) mass is 435 g/mol. The number of benzene rings is 2. The van der Waals surface area contributed by atoms with Gasteiger partial charge < -0.3 is 14.6 Å². The van der Waals surface area contributed by atoms with Gasteiger partial charge in [0.25, 0.3) is 11.6 Å². The molecule has 0 aliphatic carbocycles. The number of ether oxygens (including phenoxy) is 1. The van der Waals surface area contributed by atoms with Gasteiger partial charge in [-0.05, 0) is 31.0 Å². The van der Waals surface area contributed by atoms with Gasteiger partial charge in [0, 0.05) is 31.1 Å². The number of H-pyrrole nitrogens is 1. The van der Waals surface area contributed by atoms with Crippen molar-refractivity contribution in [3.63, 3.8) is 0 Å². The van der Waals surface area contributed by atoms with E-state index in [9.17, 15) is 19.7 Å². The standard InChI is InChI=1S/C22H21N5O5/c28-20(12-26-18-11-15(27(30)31)5-6-19(18)32-13-21(26)29)25-9-7-14(8-10-25)22-23-16-3-1-2-4-17(16)24-22/h1-6,11,14H,7-10,12-13H2,(H,23,24). The zero-order valence-electron chi connectivity index (χ0n) is 17.2. The number of para-hydroxylation sites is 2. The summed E-state index contributed by atoms with van der Waals surface area (Å²) in [6, 6.07) is 11.9. The molecular formula is C22H21N5O5. The predicted molar refractivity (Wildman–Crippen MR) is 116 cm³/mol. The van der Waals surface area contributed by atoms with Gasteiger partial charge in [0.2, 0.25) is 5.91 Å². The van der Waals surface area contributed by atoms with Crippen molar-refractivity contribution in [2.24, 2.45) is 0 Å². The van der Waals surface area contributed by atoms with Crippen LogP contribution in [-0.2, 0) is 9.59 Å². The lowest BCUT2D eigenvalue weighted by molar-refractivity contribution is -0.384. The number of fused-ring (bicyclic) bond motifs is 2. The number of nitro groups is 1. The number of hydrogen-bond donors (Lipinski definition) is 1. The fourth-order valence-electron chi connectivity index (χ4n) is 4.28. The normalized spacial score (nSPS) is 16.7. The summed E-state index contributed by atoms with van der Waals surface area (Å²) in [6.45, 7) is 0.736. The molecule has 10 nitrogen and oxygen atoms in total. The van der Waals surface area contributed by atoms with Crippen LogP contribution in [0.15, 0.2) is 42.5 Å². The van der Waals surface area contributed by atoms with Gasteiger partial charge in [0.15, 0.2) is 6.61 Å². The molecule has 2 aliphatic rings. The number of nitro benzene ring substituents is 1. The second kappa shape index (κ2) is 7.95. The van der Waals surface area contributed by atoms with Crippen LogP contribution in [0.25, 0.3) is 11.0 Å². The average molecular weight is 435 g/mol. The fraction of sp³-hybridized carbons (Fsp3) is 0.318. The Morgan fingerprint density at radius 1 is 1.22 bits per heavy atom. The van der Waals surface area contributed by atoms with Crippen molar-refractivity contribution in [2.45, 2.75) is 18.8 Å². The SMILES string of the molecule is O=C(CN1C(=O)COc2ccc([N+](=O)[O-])cc21)N1CCC(c2nc3ccccc3[nH]2)CC1. The summed E-state index contributed by atoms with van der Waals surface area (Å²) in [5.41, 5.74) is 2.02. The van der Waals surface area contributed by atoms with Crippen molar-refractivity contribution >= 4 is 34.2 Å². The first-order chi connectivity index (χ1) is 15.5. The lowest BCUT2D eigenvalue weighted by atomic mass is 9.96. The van der Waals surface area contributed by atoms with Gasteiger partial charge in [0.1, 0.15) is 18.1 Å². The van der Waals surface area contributed by atoms with Gasteiger partial charge in [-0.2, -0.15) is 0 Å². The maximum Gasteiger partial charge on any atom is 0.271 e. The Labute approximate surface area is 182 Å². The number of aromatic amines is 1. The number of imidazole rings is 1. The third kappa shape index (κ3) is 3.64. The van der Waals surface area contributed by atoms with Gasteiger partial charge in [0.05, 0.1) is 21.6 Å². The van der Waals surface area contributed by atoms with Crippen molar-refractivity contribution < 1.29 is 19.2 Å². The van der Waals surface area contributed by atoms with E-state index in [1.54, 1.807) is 4.90 Å². The van der Waals surface area contributed by atoms with Crippen LogP contribution in [-0.4, -0.2) is 57.8 Å². The van der Waals surface area contributed by atoms with Crippen molar-refractivity contribution in [2.75, 3.05) is 31.1 Å². The highest BCUT2D eigenvalue weighted by atomic mass is 16.6. The molecule has 1 fully saturated rings. The third-order valence-corrected chi connectivity index (χ3v) is 6.03.